The molecule has 0 N–H and O–H groups in total. The van der Waals surface area contributed by atoms with Gasteiger partial charge >= 0.3 is 0 Å². The first-order valence-electron chi connectivity index (χ1n) is 10.7. The van der Waals surface area contributed by atoms with Crippen LogP contribution in [0.1, 0.15) is 30.0 Å². The summed E-state index contributed by atoms with van der Waals surface area (Å²) in [7, 11) is -3.57. The maximum absolute atomic E-state index is 13.4. The number of hydrogen-bond acceptors (Lipinski definition) is 5. The molecule has 1 aromatic heterocycles. The first-order valence-corrected chi connectivity index (χ1v) is 12.2. The molecule has 4 aromatic rings. The molecule has 3 aromatic carbocycles. The van der Waals surface area contributed by atoms with Crippen molar-refractivity contribution in [3.05, 3.63) is 89.9 Å². The van der Waals surface area contributed by atoms with Crippen LogP contribution in [0.5, 0.6) is 0 Å². The number of benzene rings is 3. The number of halogens is 1. The van der Waals surface area contributed by atoms with Crippen molar-refractivity contribution < 1.29 is 17.3 Å². The smallest absolute Gasteiger partial charge is 0.206 e. The molecule has 5 rings (SSSR count). The van der Waals surface area contributed by atoms with Gasteiger partial charge in [-0.15, -0.1) is 0 Å². The van der Waals surface area contributed by atoms with Crippen molar-refractivity contribution in [1.82, 2.24) is 10.1 Å². The fourth-order valence-electron chi connectivity index (χ4n) is 4.45. The molecule has 1 saturated heterocycles. The molecule has 0 aliphatic carbocycles. The summed E-state index contributed by atoms with van der Waals surface area (Å²) in [5.41, 5.74) is 2.16. The molecule has 2 heterocycles. The van der Waals surface area contributed by atoms with E-state index in [1.165, 1.54) is 12.1 Å². The number of piperidine rings is 1. The zero-order chi connectivity index (χ0) is 22.1. The molecule has 1 fully saturated rings. The standard InChI is InChI=1S/C25H23FN2O3S/c26-20-10-11-22-23(16-20)31-27-25(22)18-12-14-28(15-13-18)17-19-6-4-5-9-24(19)32(29,30)21-7-2-1-3-8-21/h1-11,16,18H,12-15,17H2. The molecular formula is C25H23FN2O3S. The summed E-state index contributed by atoms with van der Waals surface area (Å²) < 4.78 is 45.1. The Hall–Kier alpha value is -3.03. The summed E-state index contributed by atoms with van der Waals surface area (Å²) in [4.78, 5) is 2.94. The predicted octanol–water partition coefficient (Wildman–Crippen LogP) is 5.18. The highest BCUT2D eigenvalue weighted by atomic mass is 32.2. The normalized spacial score (nSPS) is 15.9. The van der Waals surface area contributed by atoms with Gasteiger partial charge in [-0.25, -0.2) is 12.8 Å². The van der Waals surface area contributed by atoms with E-state index in [1.54, 1.807) is 42.5 Å². The van der Waals surface area contributed by atoms with Crippen LogP contribution in [0, 0.1) is 5.82 Å². The molecule has 1 aliphatic heterocycles. The van der Waals surface area contributed by atoms with Gasteiger partial charge in [0.2, 0.25) is 9.84 Å². The number of aromatic nitrogens is 1. The molecule has 0 unspecified atom stereocenters. The van der Waals surface area contributed by atoms with Crippen molar-refractivity contribution in [2.24, 2.45) is 0 Å². The van der Waals surface area contributed by atoms with Crippen LogP contribution >= 0.6 is 0 Å². The summed E-state index contributed by atoms with van der Waals surface area (Å²) in [5.74, 6) is -0.0969. The fourth-order valence-corrected chi connectivity index (χ4v) is 5.96. The molecule has 0 saturated carbocycles. The summed E-state index contributed by atoms with van der Waals surface area (Å²) in [6.07, 6.45) is 1.76. The summed E-state index contributed by atoms with van der Waals surface area (Å²) in [6, 6.07) is 20.3. The third-order valence-electron chi connectivity index (χ3n) is 6.15. The van der Waals surface area contributed by atoms with Gasteiger partial charge in [0.05, 0.1) is 15.5 Å². The number of nitrogens with zero attached hydrogens (tertiary/aromatic N) is 2. The van der Waals surface area contributed by atoms with E-state index in [4.69, 9.17) is 4.52 Å². The SMILES string of the molecule is O=S(=O)(c1ccccc1)c1ccccc1CN1CCC(c2noc3cc(F)ccc23)CC1. The Balaban J connectivity index is 1.32. The van der Waals surface area contributed by atoms with E-state index in [-0.39, 0.29) is 11.7 Å². The average molecular weight is 451 g/mol. The highest BCUT2D eigenvalue weighted by Gasteiger charge is 2.27. The van der Waals surface area contributed by atoms with Gasteiger partial charge in [0.1, 0.15) is 5.82 Å². The monoisotopic (exact) mass is 450 g/mol. The second-order valence-corrected chi connectivity index (χ2v) is 10.1. The van der Waals surface area contributed by atoms with Crippen LogP contribution in [0.25, 0.3) is 11.0 Å². The molecule has 164 valence electrons. The zero-order valence-electron chi connectivity index (χ0n) is 17.4. The third kappa shape index (κ3) is 3.94. The first-order chi connectivity index (χ1) is 15.5. The summed E-state index contributed by atoms with van der Waals surface area (Å²) >= 11 is 0. The largest absolute Gasteiger partial charge is 0.356 e. The van der Waals surface area contributed by atoms with Crippen LogP contribution in [0.15, 0.2) is 87.1 Å². The van der Waals surface area contributed by atoms with Crippen molar-refractivity contribution in [1.29, 1.82) is 0 Å². The van der Waals surface area contributed by atoms with E-state index in [9.17, 15) is 12.8 Å². The highest BCUT2D eigenvalue weighted by Crippen LogP contribution is 2.34. The Labute approximate surface area is 186 Å². The van der Waals surface area contributed by atoms with E-state index in [2.05, 4.69) is 10.1 Å². The van der Waals surface area contributed by atoms with Crippen LogP contribution in [0.4, 0.5) is 4.39 Å². The van der Waals surface area contributed by atoms with Gasteiger partial charge in [-0.05, 0) is 61.8 Å². The number of fused-ring (bicyclic) bond motifs is 1. The van der Waals surface area contributed by atoms with Crippen LogP contribution in [-0.2, 0) is 16.4 Å². The van der Waals surface area contributed by atoms with Crippen molar-refractivity contribution in [3.8, 4) is 0 Å². The number of rotatable bonds is 5. The minimum absolute atomic E-state index is 0.237. The van der Waals surface area contributed by atoms with E-state index in [0.717, 1.165) is 42.6 Å². The second kappa shape index (κ2) is 8.48. The number of likely N-dealkylation sites (tertiary alicyclic amines) is 1. The number of sulfone groups is 1. The Kier molecular flexibility index (Phi) is 5.53. The molecular weight excluding hydrogens is 427 g/mol. The lowest BCUT2D eigenvalue weighted by Crippen LogP contribution is -2.33. The third-order valence-corrected chi connectivity index (χ3v) is 8.02. The molecule has 7 heteroatoms. The first kappa shape index (κ1) is 20.8. The Bertz CT molecular complexity index is 1340. The minimum atomic E-state index is -3.57. The molecule has 32 heavy (non-hydrogen) atoms. The lowest BCUT2D eigenvalue weighted by Gasteiger charge is -2.31. The van der Waals surface area contributed by atoms with E-state index < -0.39 is 9.84 Å². The van der Waals surface area contributed by atoms with E-state index in [1.807, 2.05) is 18.2 Å². The van der Waals surface area contributed by atoms with Crippen LogP contribution in [0.3, 0.4) is 0 Å². The van der Waals surface area contributed by atoms with Crippen LogP contribution in [-0.4, -0.2) is 31.6 Å². The minimum Gasteiger partial charge on any atom is -0.356 e. The van der Waals surface area contributed by atoms with Gasteiger partial charge in [0.25, 0.3) is 0 Å². The quantitative estimate of drug-likeness (QED) is 0.419. The van der Waals surface area contributed by atoms with Gasteiger partial charge in [-0.2, -0.15) is 0 Å². The Morgan fingerprint density at radius 2 is 1.69 bits per heavy atom. The molecule has 0 atom stereocenters. The van der Waals surface area contributed by atoms with Crippen molar-refractivity contribution in [2.75, 3.05) is 13.1 Å². The molecule has 0 radical (unpaired) electrons. The summed E-state index contributed by atoms with van der Waals surface area (Å²) in [6.45, 7) is 2.21. The lowest BCUT2D eigenvalue weighted by molar-refractivity contribution is 0.200. The van der Waals surface area contributed by atoms with Crippen LogP contribution < -0.4 is 0 Å². The van der Waals surface area contributed by atoms with Gasteiger partial charge in [-0.3, -0.25) is 4.90 Å². The fraction of sp³-hybridized carbons (Fsp3) is 0.240. The Morgan fingerprint density at radius 1 is 0.969 bits per heavy atom. The van der Waals surface area contributed by atoms with Crippen LogP contribution in [0.2, 0.25) is 0 Å². The Morgan fingerprint density at radius 3 is 2.47 bits per heavy atom. The average Bonchev–Trinajstić information content (AvgIpc) is 3.23. The highest BCUT2D eigenvalue weighted by molar-refractivity contribution is 7.91. The molecule has 0 spiro atoms. The van der Waals surface area contributed by atoms with Crippen molar-refractivity contribution >= 4 is 20.8 Å². The maximum atomic E-state index is 13.4. The molecule has 5 nitrogen and oxygen atoms in total. The zero-order valence-corrected chi connectivity index (χ0v) is 18.3. The van der Waals surface area contributed by atoms with Gasteiger partial charge in [0, 0.05) is 23.9 Å². The second-order valence-electron chi connectivity index (χ2n) is 8.18. The summed E-state index contributed by atoms with van der Waals surface area (Å²) in [5, 5.41) is 5.07. The lowest BCUT2D eigenvalue weighted by atomic mass is 9.91. The van der Waals surface area contributed by atoms with Gasteiger partial charge in [0.15, 0.2) is 5.58 Å². The van der Waals surface area contributed by atoms with E-state index in [0.29, 0.717) is 21.9 Å². The van der Waals surface area contributed by atoms with Gasteiger partial charge in [-0.1, -0.05) is 41.6 Å². The van der Waals surface area contributed by atoms with Crippen molar-refractivity contribution in [2.45, 2.75) is 35.1 Å². The molecule has 0 bridgehead atoms. The van der Waals surface area contributed by atoms with Gasteiger partial charge < -0.3 is 4.52 Å². The molecule has 1 aliphatic rings. The predicted molar refractivity (Wildman–Crippen MR) is 120 cm³/mol. The maximum Gasteiger partial charge on any atom is 0.206 e. The topological polar surface area (TPSA) is 63.4 Å². The molecule has 0 amide bonds. The van der Waals surface area contributed by atoms with Crippen molar-refractivity contribution in [3.63, 3.8) is 0 Å². The van der Waals surface area contributed by atoms with E-state index >= 15 is 0 Å². The number of hydrogen-bond donors (Lipinski definition) is 0.